The van der Waals surface area contributed by atoms with Gasteiger partial charge in [-0.3, -0.25) is 4.79 Å². The van der Waals surface area contributed by atoms with Crippen molar-refractivity contribution in [3.63, 3.8) is 0 Å². The first-order valence-electron chi connectivity index (χ1n) is 13.7. The summed E-state index contributed by atoms with van der Waals surface area (Å²) in [5.74, 6) is 1.58. The van der Waals surface area contributed by atoms with Gasteiger partial charge in [-0.05, 0) is 46.1 Å². The maximum Gasteiger partial charge on any atom is 0.410 e. The fraction of sp³-hybridized carbons (Fsp3) is 0.536. The van der Waals surface area contributed by atoms with Crippen LogP contribution >= 0.6 is 0 Å². The number of aromatic nitrogens is 4. The fourth-order valence-corrected chi connectivity index (χ4v) is 5.45. The van der Waals surface area contributed by atoms with E-state index in [1.165, 1.54) is 10.8 Å². The van der Waals surface area contributed by atoms with Crippen molar-refractivity contribution in [3.8, 4) is 0 Å². The van der Waals surface area contributed by atoms with E-state index < -0.39 is 23.1 Å². The van der Waals surface area contributed by atoms with E-state index in [2.05, 4.69) is 25.2 Å². The van der Waals surface area contributed by atoms with E-state index in [0.717, 1.165) is 25.7 Å². The Kier molecular flexibility index (Phi) is 7.61. The normalized spacial score (nSPS) is 16.7. The van der Waals surface area contributed by atoms with Crippen LogP contribution in [0.5, 0.6) is 0 Å². The number of pyridine rings is 2. The minimum Gasteiger partial charge on any atom is -0.444 e. The van der Waals surface area contributed by atoms with Crippen molar-refractivity contribution in [2.75, 3.05) is 36.4 Å². The molecule has 0 unspecified atom stereocenters. The van der Waals surface area contributed by atoms with Gasteiger partial charge in [-0.1, -0.05) is 12.8 Å². The lowest BCUT2D eigenvalue weighted by atomic mass is 10.0. The van der Waals surface area contributed by atoms with Crippen LogP contribution in [0, 0.1) is 6.92 Å². The number of nitrogens with one attached hydrogen (secondary N) is 1. The molecule has 40 heavy (non-hydrogen) atoms. The Balaban J connectivity index is 1.33. The highest BCUT2D eigenvalue weighted by Gasteiger charge is 2.28. The van der Waals surface area contributed by atoms with Crippen molar-refractivity contribution in [2.24, 2.45) is 0 Å². The van der Waals surface area contributed by atoms with Gasteiger partial charge in [0.05, 0.1) is 23.5 Å². The molecule has 2 aliphatic rings. The maximum absolute atomic E-state index is 13.8. The molecule has 1 saturated heterocycles. The minimum absolute atomic E-state index is 0.113. The molecule has 5 rings (SSSR count). The third-order valence-electron chi connectivity index (χ3n) is 7.46. The number of rotatable bonds is 5. The summed E-state index contributed by atoms with van der Waals surface area (Å²) in [6, 6.07) is 1.61. The van der Waals surface area contributed by atoms with Crippen molar-refractivity contribution >= 4 is 34.4 Å². The number of alkyl halides is 2. The molecule has 1 aliphatic carbocycles. The summed E-state index contributed by atoms with van der Waals surface area (Å²) in [5, 5.41) is 3.67. The van der Waals surface area contributed by atoms with Gasteiger partial charge >= 0.3 is 6.09 Å². The molecule has 4 heterocycles. The van der Waals surface area contributed by atoms with Crippen molar-refractivity contribution in [3.05, 3.63) is 46.1 Å². The summed E-state index contributed by atoms with van der Waals surface area (Å²) in [6.45, 7) is 9.34. The van der Waals surface area contributed by atoms with Crippen molar-refractivity contribution in [1.82, 2.24) is 24.4 Å². The molecule has 214 valence electrons. The quantitative estimate of drug-likeness (QED) is 0.449. The number of fused-ring (bicyclic) bond motifs is 1. The first-order chi connectivity index (χ1) is 19.0. The zero-order valence-corrected chi connectivity index (χ0v) is 23.3. The summed E-state index contributed by atoms with van der Waals surface area (Å²) in [7, 11) is 0. The van der Waals surface area contributed by atoms with Crippen molar-refractivity contribution < 1.29 is 18.3 Å². The van der Waals surface area contributed by atoms with E-state index in [1.807, 2.05) is 20.8 Å². The number of carbonyl (C=O) groups is 1. The lowest BCUT2D eigenvalue weighted by molar-refractivity contribution is 0.0240. The molecule has 1 saturated carbocycles. The molecule has 0 bridgehead atoms. The number of carbonyl (C=O) groups excluding carboxylic acids is 1. The lowest BCUT2D eigenvalue weighted by Gasteiger charge is -2.36. The second kappa shape index (κ2) is 11.0. The highest BCUT2D eigenvalue weighted by Crippen LogP contribution is 2.34. The summed E-state index contributed by atoms with van der Waals surface area (Å²) in [6.07, 6.45) is 5.10. The van der Waals surface area contributed by atoms with E-state index >= 15 is 0 Å². The Hall–Kier alpha value is -3.83. The molecular weight excluding hydrogens is 520 g/mol. The molecule has 0 spiro atoms. The summed E-state index contributed by atoms with van der Waals surface area (Å²) in [5.41, 5.74) is -0.762. The van der Waals surface area contributed by atoms with E-state index in [0.29, 0.717) is 54.5 Å². The molecule has 2 fully saturated rings. The average Bonchev–Trinajstić information content (AvgIpc) is 3.42. The molecule has 3 aromatic heterocycles. The Morgan fingerprint density at radius 1 is 1.02 bits per heavy atom. The number of halogens is 2. The highest BCUT2D eigenvalue weighted by atomic mass is 19.3. The lowest BCUT2D eigenvalue weighted by Crippen LogP contribution is -2.50. The van der Waals surface area contributed by atoms with Crippen LogP contribution in [-0.4, -0.2) is 62.3 Å². The number of hydrogen-bond donors (Lipinski definition) is 1. The van der Waals surface area contributed by atoms with Gasteiger partial charge in [-0.2, -0.15) is 0 Å². The van der Waals surface area contributed by atoms with Crippen LogP contribution in [0.15, 0.2) is 29.5 Å². The molecule has 12 heteroatoms. The summed E-state index contributed by atoms with van der Waals surface area (Å²) >= 11 is 0. The smallest absolute Gasteiger partial charge is 0.410 e. The number of amides is 1. The first-order valence-corrected chi connectivity index (χ1v) is 13.7. The Bertz CT molecular complexity index is 1440. The van der Waals surface area contributed by atoms with Crippen LogP contribution in [0.25, 0.3) is 10.9 Å². The number of anilines is 3. The van der Waals surface area contributed by atoms with Crippen LogP contribution in [0.1, 0.15) is 70.0 Å². The number of ether oxygens (including phenoxy) is 1. The third kappa shape index (κ3) is 5.71. The molecule has 1 amide bonds. The zero-order chi connectivity index (χ0) is 28.6. The SMILES string of the molecule is Cc1c(C(F)F)c(=O)n(C2CCCC2)c2cc(Nc3cnc(N4CCN(C(=O)OC(C)(C)C)CC4)cn3)ncc12. The molecule has 10 nitrogen and oxygen atoms in total. The van der Waals surface area contributed by atoms with Crippen molar-refractivity contribution in [2.45, 2.75) is 71.4 Å². The van der Waals surface area contributed by atoms with Crippen LogP contribution in [0.3, 0.4) is 0 Å². The number of piperazine rings is 1. The van der Waals surface area contributed by atoms with Crippen LogP contribution in [0.4, 0.5) is 31.0 Å². The Morgan fingerprint density at radius 3 is 2.30 bits per heavy atom. The van der Waals surface area contributed by atoms with Gasteiger partial charge < -0.3 is 24.4 Å². The van der Waals surface area contributed by atoms with Gasteiger partial charge in [0.25, 0.3) is 12.0 Å². The average molecular weight is 556 g/mol. The standard InChI is InChI=1S/C28H35F2N7O3/c1-17-19-14-31-21(13-20(19)37(18-7-5-6-8-18)26(38)24(17)25(29)30)34-22-15-33-23(16-32-22)35-9-11-36(12-10-35)27(39)40-28(2,3)4/h13-16,18,25H,5-12H2,1-4H3,(H,31,32,34). The fourth-order valence-electron chi connectivity index (χ4n) is 5.45. The van der Waals surface area contributed by atoms with Crippen molar-refractivity contribution in [1.29, 1.82) is 0 Å². The van der Waals surface area contributed by atoms with E-state index in [9.17, 15) is 18.4 Å². The van der Waals surface area contributed by atoms with Gasteiger partial charge in [-0.25, -0.2) is 28.5 Å². The van der Waals surface area contributed by atoms with Crippen LogP contribution < -0.4 is 15.8 Å². The zero-order valence-electron chi connectivity index (χ0n) is 23.3. The Labute approximate surface area is 231 Å². The maximum atomic E-state index is 13.8. The van der Waals surface area contributed by atoms with Crippen LogP contribution in [-0.2, 0) is 4.74 Å². The van der Waals surface area contributed by atoms with Crippen LogP contribution in [0.2, 0.25) is 0 Å². The minimum atomic E-state index is -2.85. The van der Waals surface area contributed by atoms with Gasteiger partial charge in [-0.15, -0.1) is 0 Å². The predicted molar refractivity (Wildman–Crippen MR) is 149 cm³/mol. The highest BCUT2D eigenvalue weighted by molar-refractivity contribution is 5.85. The van der Waals surface area contributed by atoms with E-state index in [-0.39, 0.29) is 17.7 Å². The molecular formula is C28H35F2N7O3. The monoisotopic (exact) mass is 555 g/mol. The summed E-state index contributed by atoms with van der Waals surface area (Å²) in [4.78, 5) is 42.7. The van der Waals surface area contributed by atoms with Gasteiger partial charge in [0, 0.05) is 49.9 Å². The first kappa shape index (κ1) is 27.7. The number of hydrogen-bond acceptors (Lipinski definition) is 8. The molecule has 1 N–H and O–H groups in total. The number of nitrogens with zero attached hydrogens (tertiary/aromatic N) is 6. The van der Waals surface area contributed by atoms with Gasteiger partial charge in [0.2, 0.25) is 0 Å². The predicted octanol–water partition coefficient (Wildman–Crippen LogP) is 5.35. The van der Waals surface area contributed by atoms with E-state index in [1.54, 1.807) is 30.3 Å². The van der Waals surface area contributed by atoms with Gasteiger partial charge in [0.1, 0.15) is 23.1 Å². The number of aryl methyl sites for hydroxylation is 1. The second-order valence-electron chi connectivity index (χ2n) is 11.4. The molecule has 0 radical (unpaired) electrons. The molecule has 0 atom stereocenters. The summed E-state index contributed by atoms with van der Waals surface area (Å²) < 4.78 is 34.7. The third-order valence-corrected chi connectivity index (χ3v) is 7.46. The Morgan fingerprint density at radius 2 is 1.70 bits per heavy atom. The second-order valence-corrected chi connectivity index (χ2v) is 11.4. The molecule has 3 aromatic rings. The van der Waals surface area contributed by atoms with E-state index in [4.69, 9.17) is 4.74 Å². The van der Waals surface area contributed by atoms with Gasteiger partial charge in [0.15, 0.2) is 0 Å². The topological polar surface area (TPSA) is 105 Å². The molecule has 0 aromatic carbocycles. The molecule has 1 aliphatic heterocycles. The largest absolute Gasteiger partial charge is 0.444 e.